The topological polar surface area (TPSA) is 47.7 Å². The van der Waals surface area contributed by atoms with Crippen LogP contribution in [0.2, 0.25) is 0 Å². The van der Waals surface area contributed by atoms with Gasteiger partial charge in [-0.25, -0.2) is 0 Å². The van der Waals surface area contributed by atoms with Crippen molar-refractivity contribution in [2.24, 2.45) is 5.92 Å². The summed E-state index contributed by atoms with van der Waals surface area (Å²) in [6, 6.07) is 6.01. The molecule has 2 N–H and O–H groups in total. The molecule has 1 aromatic rings. The third-order valence-corrected chi connectivity index (χ3v) is 3.57. The first-order chi connectivity index (χ1) is 9.58. The quantitative estimate of drug-likeness (QED) is 0.841. The van der Waals surface area contributed by atoms with Crippen molar-refractivity contribution in [3.63, 3.8) is 0 Å². The Hall–Kier alpha value is -1.42. The van der Waals surface area contributed by atoms with Crippen LogP contribution in [0.5, 0.6) is 5.75 Å². The number of hydrogen-bond acceptors (Lipinski definition) is 4. The van der Waals surface area contributed by atoms with Gasteiger partial charge < -0.3 is 20.1 Å². The molecule has 0 amide bonds. The molecule has 1 saturated heterocycles. The van der Waals surface area contributed by atoms with Crippen molar-refractivity contribution in [1.82, 2.24) is 0 Å². The standard InChI is InChI=1S/C16H26N2O2/c1-12(2)20-16-8-14(17)7-15(9-16)18-6-4-5-13(10-18)11-19-3/h7-9,12-13H,4-6,10-11,17H2,1-3H3. The van der Waals surface area contributed by atoms with Crippen LogP contribution < -0.4 is 15.4 Å². The van der Waals surface area contributed by atoms with Crippen LogP contribution in [0.15, 0.2) is 18.2 Å². The molecule has 1 heterocycles. The highest BCUT2D eigenvalue weighted by molar-refractivity contribution is 5.60. The van der Waals surface area contributed by atoms with E-state index < -0.39 is 0 Å². The smallest absolute Gasteiger partial charge is 0.123 e. The minimum absolute atomic E-state index is 0.159. The fourth-order valence-corrected chi connectivity index (χ4v) is 2.80. The fraction of sp³-hybridized carbons (Fsp3) is 0.625. The molecule has 20 heavy (non-hydrogen) atoms. The molecule has 0 aliphatic carbocycles. The normalized spacial score (nSPS) is 19.4. The Balaban J connectivity index is 2.12. The zero-order valence-electron chi connectivity index (χ0n) is 12.8. The number of anilines is 2. The van der Waals surface area contributed by atoms with Crippen molar-refractivity contribution < 1.29 is 9.47 Å². The summed E-state index contributed by atoms with van der Waals surface area (Å²) < 4.78 is 11.1. The van der Waals surface area contributed by atoms with E-state index in [9.17, 15) is 0 Å². The van der Waals surface area contributed by atoms with E-state index in [0.717, 1.165) is 36.8 Å². The van der Waals surface area contributed by atoms with Gasteiger partial charge in [-0.1, -0.05) is 0 Å². The van der Waals surface area contributed by atoms with E-state index in [0.29, 0.717) is 5.92 Å². The molecule has 1 atom stereocenters. The van der Waals surface area contributed by atoms with Crippen LogP contribution in [0.1, 0.15) is 26.7 Å². The van der Waals surface area contributed by atoms with Crippen LogP contribution in [-0.4, -0.2) is 32.9 Å². The largest absolute Gasteiger partial charge is 0.491 e. The Morgan fingerprint density at radius 1 is 1.35 bits per heavy atom. The predicted octanol–water partition coefficient (Wildman–Crippen LogP) is 2.92. The van der Waals surface area contributed by atoms with Crippen LogP contribution in [0.4, 0.5) is 11.4 Å². The monoisotopic (exact) mass is 278 g/mol. The fourth-order valence-electron chi connectivity index (χ4n) is 2.80. The second-order valence-electron chi connectivity index (χ2n) is 5.84. The molecular weight excluding hydrogens is 252 g/mol. The van der Waals surface area contributed by atoms with Crippen molar-refractivity contribution in [1.29, 1.82) is 0 Å². The summed E-state index contributed by atoms with van der Waals surface area (Å²) in [5.74, 6) is 1.45. The lowest BCUT2D eigenvalue weighted by Gasteiger charge is -2.34. The van der Waals surface area contributed by atoms with Crippen LogP contribution >= 0.6 is 0 Å². The molecule has 1 aromatic carbocycles. The van der Waals surface area contributed by atoms with Gasteiger partial charge in [0.1, 0.15) is 5.75 Å². The van der Waals surface area contributed by atoms with Crippen LogP contribution in [0, 0.1) is 5.92 Å². The van der Waals surface area contributed by atoms with Gasteiger partial charge in [0.2, 0.25) is 0 Å². The molecule has 0 aromatic heterocycles. The number of nitrogens with zero attached hydrogens (tertiary/aromatic N) is 1. The zero-order chi connectivity index (χ0) is 14.5. The summed E-state index contributed by atoms with van der Waals surface area (Å²) in [7, 11) is 1.77. The van der Waals surface area contributed by atoms with E-state index in [1.807, 2.05) is 26.0 Å². The van der Waals surface area contributed by atoms with Gasteiger partial charge in [0.25, 0.3) is 0 Å². The van der Waals surface area contributed by atoms with Gasteiger partial charge in [0, 0.05) is 43.7 Å². The number of benzene rings is 1. The lowest BCUT2D eigenvalue weighted by molar-refractivity contribution is 0.143. The molecule has 1 aliphatic heterocycles. The molecule has 0 spiro atoms. The molecule has 2 rings (SSSR count). The molecule has 4 nitrogen and oxygen atoms in total. The number of rotatable bonds is 5. The maximum atomic E-state index is 6.00. The highest BCUT2D eigenvalue weighted by Crippen LogP contribution is 2.29. The van der Waals surface area contributed by atoms with Gasteiger partial charge in [-0.05, 0) is 38.7 Å². The first kappa shape index (κ1) is 15.0. The minimum atomic E-state index is 0.159. The molecule has 112 valence electrons. The second-order valence-corrected chi connectivity index (χ2v) is 5.84. The van der Waals surface area contributed by atoms with Crippen molar-refractivity contribution in [3.8, 4) is 5.75 Å². The van der Waals surface area contributed by atoms with E-state index >= 15 is 0 Å². The van der Waals surface area contributed by atoms with Gasteiger partial charge in [0.15, 0.2) is 0 Å². The van der Waals surface area contributed by atoms with E-state index in [-0.39, 0.29) is 6.10 Å². The molecule has 1 fully saturated rings. The Kier molecular flexibility index (Phi) is 5.12. The van der Waals surface area contributed by atoms with Crippen molar-refractivity contribution >= 4 is 11.4 Å². The third kappa shape index (κ3) is 4.04. The molecular formula is C16H26N2O2. The maximum Gasteiger partial charge on any atom is 0.123 e. The Morgan fingerprint density at radius 3 is 2.85 bits per heavy atom. The van der Waals surface area contributed by atoms with E-state index in [2.05, 4.69) is 11.0 Å². The summed E-state index contributed by atoms with van der Waals surface area (Å²) in [4.78, 5) is 2.39. The molecule has 0 bridgehead atoms. The highest BCUT2D eigenvalue weighted by atomic mass is 16.5. The van der Waals surface area contributed by atoms with Crippen molar-refractivity contribution in [2.45, 2.75) is 32.8 Å². The molecule has 0 saturated carbocycles. The second kappa shape index (κ2) is 6.84. The summed E-state index contributed by atoms with van der Waals surface area (Å²) in [6.07, 6.45) is 2.60. The van der Waals surface area contributed by atoms with E-state index in [4.69, 9.17) is 15.2 Å². The van der Waals surface area contributed by atoms with Crippen LogP contribution in [0.3, 0.4) is 0 Å². The number of methoxy groups -OCH3 is 1. The zero-order valence-corrected chi connectivity index (χ0v) is 12.8. The average Bonchev–Trinajstić information content (AvgIpc) is 2.38. The van der Waals surface area contributed by atoms with Crippen LogP contribution in [-0.2, 0) is 4.74 Å². The van der Waals surface area contributed by atoms with Gasteiger partial charge in [-0.2, -0.15) is 0 Å². The Bertz CT molecular complexity index is 432. The van der Waals surface area contributed by atoms with Crippen molar-refractivity contribution in [3.05, 3.63) is 18.2 Å². The van der Waals surface area contributed by atoms with Crippen LogP contribution in [0.25, 0.3) is 0 Å². The highest BCUT2D eigenvalue weighted by Gasteiger charge is 2.20. The average molecular weight is 278 g/mol. The molecule has 1 aliphatic rings. The Labute approximate surface area is 121 Å². The predicted molar refractivity (Wildman–Crippen MR) is 83.4 cm³/mol. The van der Waals surface area contributed by atoms with E-state index in [1.54, 1.807) is 7.11 Å². The molecule has 1 unspecified atom stereocenters. The third-order valence-electron chi connectivity index (χ3n) is 3.57. The van der Waals surface area contributed by atoms with Crippen molar-refractivity contribution in [2.75, 3.05) is 37.4 Å². The lowest BCUT2D eigenvalue weighted by atomic mass is 9.98. The molecule has 4 heteroatoms. The van der Waals surface area contributed by atoms with E-state index in [1.165, 1.54) is 12.8 Å². The first-order valence-corrected chi connectivity index (χ1v) is 7.39. The minimum Gasteiger partial charge on any atom is -0.491 e. The number of nitrogen functional groups attached to an aromatic ring is 1. The first-order valence-electron chi connectivity index (χ1n) is 7.39. The van der Waals surface area contributed by atoms with Gasteiger partial charge in [0.05, 0.1) is 12.7 Å². The Morgan fingerprint density at radius 2 is 2.15 bits per heavy atom. The summed E-state index contributed by atoms with van der Waals surface area (Å²) in [5, 5.41) is 0. The summed E-state index contributed by atoms with van der Waals surface area (Å²) in [6.45, 7) is 6.98. The number of piperidine rings is 1. The van der Waals surface area contributed by atoms with Gasteiger partial charge in [-0.3, -0.25) is 0 Å². The SMILES string of the molecule is COCC1CCCN(c2cc(N)cc(OC(C)C)c2)C1. The number of ether oxygens (including phenoxy) is 2. The number of nitrogens with two attached hydrogens (primary N) is 1. The van der Waals surface area contributed by atoms with Gasteiger partial charge in [-0.15, -0.1) is 0 Å². The lowest BCUT2D eigenvalue weighted by Crippen LogP contribution is -2.37. The molecule has 0 radical (unpaired) electrons. The van der Waals surface area contributed by atoms with Gasteiger partial charge >= 0.3 is 0 Å². The maximum absolute atomic E-state index is 6.00. The number of hydrogen-bond donors (Lipinski definition) is 1. The summed E-state index contributed by atoms with van der Waals surface area (Å²) in [5.41, 5.74) is 7.91. The summed E-state index contributed by atoms with van der Waals surface area (Å²) >= 11 is 0.